The summed E-state index contributed by atoms with van der Waals surface area (Å²) >= 11 is 0. The molecule has 0 saturated heterocycles. The Labute approximate surface area is 209 Å². The highest BCUT2D eigenvalue weighted by molar-refractivity contribution is 5.36. The molecular weight excluding hydrogens is 420 g/mol. The summed E-state index contributed by atoms with van der Waals surface area (Å²) in [6.07, 6.45) is 11.7. The fraction of sp³-hybridized carbons (Fsp3) is 0.935. The zero-order valence-corrected chi connectivity index (χ0v) is 23.3. The van der Waals surface area contributed by atoms with Gasteiger partial charge in [0.15, 0.2) is 0 Å². The van der Waals surface area contributed by atoms with Gasteiger partial charge >= 0.3 is 0 Å². The molecule has 0 unspecified atom stereocenters. The van der Waals surface area contributed by atoms with E-state index in [1.54, 1.807) is 5.57 Å². The molecule has 0 amide bonds. The van der Waals surface area contributed by atoms with Gasteiger partial charge in [0.05, 0.1) is 12.2 Å². The van der Waals surface area contributed by atoms with Crippen molar-refractivity contribution in [1.82, 2.24) is 0 Å². The number of aliphatic hydroxyl groups excluding tert-OH is 2. The highest BCUT2D eigenvalue weighted by atomic mass is 16.5. The average molecular weight is 473 g/mol. The second-order valence-corrected chi connectivity index (χ2v) is 14.9. The number of allylic oxidation sites excluding steroid dienone is 1. The van der Waals surface area contributed by atoms with Crippen LogP contribution in [-0.4, -0.2) is 36.1 Å². The lowest BCUT2D eigenvalue weighted by molar-refractivity contribution is -0.230. The molecule has 5 aliphatic carbocycles. The Morgan fingerprint density at radius 2 is 1.65 bits per heavy atom. The van der Waals surface area contributed by atoms with E-state index in [1.165, 1.54) is 25.7 Å². The number of aliphatic hydroxyl groups is 2. The van der Waals surface area contributed by atoms with Crippen LogP contribution in [0.25, 0.3) is 0 Å². The van der Waals surface area contributed by atoms with Crippen molar-refractivity contribution >= 4 is 0 Å². The van der Waals surface area contributed by atoms with Crippen LogP contribution in [0, 0.1) is 56.7 Å². The molecule has 4 saturated carbocycles. The van der Waals surface area contributed by atoms with Gasteiger partial charge in [-0.3, -0.25) is 0 Å². The Balaban J connectivity index is 1.67. The van der Waals surface area contributed by atoms with Gasteiger partial charge in [-0.25, -0.2) is 0 Å². The summed E-state index contributed by atoms with van der Waals surface area (Å²) in [5.74, 6) is 2.74. The normalized spacial score (nSPS) is 56.4. The van der Waals surface area contributed by atoms with Crippen LogP contribution in [0.1, 0.15) is 99.8 Å². The van der Waals surface area contributed by atoms with Crippen LogP contribution < -0.4 is 0 Å². The smallest absolute Gasteiger partial charge is 0.0793 e. The first-order chi connectivity index (χ1) is 15.8. The monoisotopic (exact) mass is 472 g/mol. The van der Waals surface area contributed by atoms with Crippen LogP contribution in [0.4, 0.5) is 0 Å². The third-order valence-electron chi connectivity index (χ3n) is 13.7. The molecule has 5 rings (SSSR count). The van der Waals surface area contributed by atoms with E-state index in [2.05, 4.69) is 54.5 Å². The first-order valence-electron chi connectivity index (χ1n) is 14.4. The maximum Gasteiger partial charge on any atom is 0.0793 e. The summed E-state index contributed by atoms with van der Waals surface area (Å²) in [7, 11) is 1.93. The maximum atomic E-state index is 11.0. The quantitative estimate of drug-likeness (QED) is 0.444. The summed E-state index contributed by atoms with van der Waals surface area (Å²) in [4.78, 5) is 0. The summed E-state index contributed by atoms with van der Waals surface area (Å²) < 4.78 is 6.44. The molecule has 2 N–H and O–H groups in total. The number of hydrogen-bond donors (Lipinski definition) is 2. The molecule has 0 radical (unpaired) electrons. The fourth-order valence-corrected chi connectivity index (χ4v) is 11.2. The number of ether oxygens (including phenoxy) is 1. The van der Waals surface area contributed by atoms with E-state index in [9.17, 15) is 10.2 Å². The van der Waals surface area contributed by atoms with Crippen LogP contribution in [0.5, 0.6) is 0 Å². The number of methoxy groups -OCH3 is 1. The Morgan fingerprint density at radius 1 is 0.941 bits per heavy atom. The first kappa shape index (κ1) is 25.3. The molecule has 0 aromatic rings. The zero-order valence-electron chi connectivity index (χ0n) is 23.3. The topological polar surface area (TPSA) is 49.7 Å². The molecule has 194 valence electrons. The average Bonchev–Trinajstić information content (AvgIpc) is 2.79. The Kier molecular flexibility index (Phi) is 5.81. The van der Waals surface area contributed by atoms with E-state index in [-0.39, 0.29) is 39.3 Å². The van der Waals surface area contributed by atoms with Gasteiger partial charge in [-0.2, -0.15) is 0 Å². The molecule has 3 heteroatoms. The largest absolute Gasteiger partial charge is 0.396 e. The molecular formula is C31H52O3. The van der Waals surface area contributed by atoms with Crippen molar-refractivity contribution in [2.24, 2.45) is 56.7 Å². The van der Waals surface area contributed by atoms with Crippen molar-refractivity contribution in [3.8, 4) is 0 Å². The summed E-state index contributed by atoms with van der Waals surface area (Å²) in [5.41, 5.74) is 2.12. The molecule has 0 aliphatic heterocycles. The lowest BCUT2D eigenvalue weighted by Crippen LogP contribution is -2.68. The van der Waals surface area contributed by atoms with Gasteiger partial charge in [-0.1, -0.05) is 60.1 Å². The predicted octanol–water partition coefficient (Wildman–Crippen LogP) is 6.62. The molecule has 4 fully saturated rings. The highest BCUT2D eigenvalue weighted by Gasteiger charge is 2.70. The second-order valence-electron chi connectivity index (χ2n) is 14.9. The fourth-order valence-electron chi connectivity index (χ4n) is 11.2. The predicted molar refractivity (Wildman–Crippen MR) is 138 cm³/mol. The molecule has 0 heterocycles. The van der Waals surface area contributed by atoms with Gasteiger partial charge in [0.1, 0.15) is 0 Å². The lowest BCUT2D eigenvalue weighted by atomic mass is 9.33. The van der Waals surface area contributed by atoms with Crippen molar-refractivity contribution in [3.63, 3.8) is 0 Å². The third-order valence-corrected chi connectivity index (χ3v) is 13.7. The zero-order chi connectivity index (χ0) is 24.9. The Bertz CT molecular complexity index is 848. The van der Waals surface area contributed by atoms with Gasteiger partial charge in [0.2, 0.25) is 0 Å². The van der Waals surface area contributed by atoms with E-state index in [0.717, 1.165) is 25.7 Å². The van der Waals surface area contributed by atoms with Gasteiger partial charge in [-0.15, -0.1) is 0 Å². The molecule has 3 nitrogen and oxygen atoms in total. The summed E-state index contributed by atoms with van der Waals surface area (Å²) in [6, 6.07) is 0. The van der Waals surface area contributed by atoms with Gasteiger partial charge in [0, 0.05) is 25.0 Å². The van der Waals surface area contributed by atoms with Crippen molar-refractivity contribution in [2.75, 3.05) is 13.7 Å². The lowest BCUT2D eigenvalue weighted by Gasteiger charge is -2.72. The van der Waals surface area contributed by atoms with Crippen LogP contribution in [0.15, 0.2) is 11.6 Å². The van der Waals surface area contributed by atoms with Crippen molar-refractivity contribution in [3.05, 3.63) is 11.6 Å². The van der Waals surface area contributed by atoms with E-state index >= 15 is 0 Å². The molecule has 5 aliphatic rings. The molecule has 0 aromatic carbocycles. The SMILES string of the molecule is CO[C@H]1C=C2[C@H]3[C@H](C)[C@@H](C)CC[C@@]3(CO)CC[C@]2(C)[C@]2(C)CC[C@@H]3C(C)(C)[C@H](O)CC[C@]3(C)[C@H]12. The highest BCUT2D eigenvalue weighted by Crippen LogP contribution is 2.75. The van der Waals surface area contributed by atoms with Crippen molar-refractivity contribution in [1.29, 1.82) is 0 Å². The first-order valence-corrected chi connectivity index (χ1v) is 14.4. The molecule has 0 spiro atoms. The minimum Gasteiger partial charge on any atom is -0.396 e. The number of hydrogen-bond acceptors (Lipinski definition) is 3. The van der Waals surface area contributed by atoms with Crippen LogP contribution >= 0.6 is 0 Å². The minimum absolute atomic E-state index is 0.0521. The summed E-state index contributed by atoms with van der Waals surface area (Å²) in [5, 5.41) is 21.8. The van der Waals surface area contributed by atoms with Crippen LogP contribution in [-0.2, 0) is 4.74 Å². The molecule has 0 aromatic heterocycles. The van der Waals surface area contributed by atoms with Gasteiger partial charge in [0.25, 0.3) is 0 Å². The van der Waals surface area contributed by atoms with Gasteiger partial charge < -0.3 is 14.9 Å². The van der Waals surface area contributed by atoms with E-state index in [0.29, 0.717) is 36.2 Å². The number of fused-ring (bicyclic) bond motifs is 7. The van der Waals surface area contributed by atoms with E-state index in [4.69, 9.17) is 4.74 Å². The van der Waals surface area contributed by atoms with Crippen molar-refractivity contribution in [2.45, 2.75) is 112 Å². The van der Waals surface area contributed by atoms with Gasteiger partial charge in [-0.05, 0) is 96.7 Å². The Morgan fingerprint density at radius 3 is 2.29 bits per heavy atom. The van der Waals surface area contributed by atoms with Crippen LogP contribution in [0.2, 0.25) is 0 Å². The molecule has 34 heavy (non-hydrogen) atoms. The van der Waals surface area contributed by atoms with Crippen molar-refractivity contribution < 1.29 is 14.9 Å². The van der Waals surface area contributed by atoms with Crippen LogP contribution in [0.3, 0.4) is 0 Å². The minimum atomic E-state index is -0.203. The van der Waals surface area contributed by atoms with E-state index < -0.39 is 0 Å². The standard InChI is InChI=1S/C31H52O3/c1-19-9-14-31(18-32)16-15-29(6)21(25(31)20(19)2)17-22(34-8)26-28(5)12-11-24(33)27(3,4)23(28)10-13-30(26,29)7/h17,19-20,22-26,32-33H,9-16,18H2,1-8H3/t19-,20+,22-,23+,24+,25+,26-,28-,29-,30+,31-/m0/s1. The second kappa shape index (κ2) is 7.81. The number of rotatable bonds is 2. The third kappa shape index (κ3) is 2.93. The molecule has 0 bridgehead atoms. The Hall–Kier alpha value is -0.380. The summed E-state index contributed by atoms with van der Waals surface area (Å²) in [6.45, 7) is 17.6. The maximum absolute atomic E-state index is 11.0. The molecule has 11 atom stereocenters. The van der Waals surface area contributed by atoms with E-state index in [1.807, 2.05) is 7.11 Å².